The predicted octanol–water partition coefficient (Wildman–Crippen LogP) is 3.08. The molecule has 1 unspecified atom stereocenters. The van der Waals surface area contributed by atoms with E-state index in [0.717, 1.165) is 18.5 Å². The van der Waals surface area contributed by atoms with Crippen molar-refractivity contribution in [3.8, 4) is 0 Å². The number of rotatable bonds is 5. The molecule has 0 radical (unpaired) electrons. The number of benzene rings is 1. The van der Waals surface area contributed by atoms with Gasteiger partial charge in [0.2, 0.25) is 0 Å². The lowest BCUT2D eigenvalue weighted by molar-refractivity contribution is 0.500. The van der Waals surface area contributed by atoms with E-state index in [4.69, 9.17) is 0 Å². The van der Waals surface area contributed by atoms with E-state index in [0.29, 0.717) is 24.9 Å². The Hall–Kier alpha value is -2.70. The fraction of sp³-hybridized carbons (Fsp3) is 0.429. The molecule has 2 aromatic rings. The van der Waals surface area contributed by atoms with Crippen LogP contribution in [0.3, 0.4) is 0 Å². The van der Waals surface area contributed by atoms with Crippen LogP contribution in [0.4, 0.5) is 14.6 Å². The third kappa shape index (κ3) is 4.77. The maximum Gasteiger partial charge on any atom is 0.191 e. The number of hydrogen-bond acceptors (Lipinski definition) is 3. The first-order chi connectivity index (χ1) is 13.4. The van der Waals surface area contributed by atoms with Gasteiger partial charge in [-0.25, -0.2) is 13.8 Å². The monoisotopic (exact) mass is 387 g/mol. The van der Waals surface area contributed by atoms with Gasteiger partial charge in [-0.3, -0.25) is 4.99 Å². The van der Waals surface area contributed by atoms with Crippen molar-refractivity contribution in [1.29, 1.82) is 0 Å². The number of hydrogen-bond donors (Lipinski definition) is 2. The zero-order valence-electron chi connectivity index (χ0n) is 16.5. The summed E-state index contributed by atoms with van der Waals surface area (Å²) in [7, 11) is 1.72. The summed E-state index contributed by atoms with van der Waals surface area (Å²) in [6, 6.07) is 9.83. The van der Waals surface area contributed by atoms with Crippen LogP contribution in [0.15, 0.2) is 47.6 Å². The van der Waals surface area contributed by atoms with Crippen LogP contribution in [-0.2, 0) is 5.41 Å². The van der Waals surface area contributed by atoms with E-state index in [1.807, 2.05) is 11.0 Å². The van der Waals surface area contributed by atoms with Gasteiger partial charge < -0.3 is 15.5 Å². The number of aromatic nitrogens is 1. The Kier molecular flexibility index (Phi) is 6.11. The molecule has 0 bridgehead atoms. The van der Waals surface area contributed by atoms with Crippen molar-refractivity contribution in [1.82, 2.24) is 15.6 Å². The van der Waals surface area contributed by atoms with Gasteiger partial charge >= 0.3 is 0 Å². The summed E-state index contributed by atoms with van der Waals surface area (Å²) < 4.78 is 27.5. The number of aliphatic imine (C=N–C) groups is 1. The van der Waals surface area contributed by atoms with E-state index in [9.17, 15) is 8.78 Å². The molecular formula is C21H27F2N5. The van der Waals surface area contributed by atoms with Crippen LogP contribution in [0, 0.1) is 11.6 Å². The van der Waals surface area contributed by atoms with Gasteiger partial charge in [-0.2, -0.15) is 0 Å². The molecule has 28 heavy (non-hydrogen) atoms. The largest absolute Gasteiger partial charge is 0.356 e. The number of pyridine rings is 1. The molecule has 1 aromatic heterocycles. The molecule has 0 aliphatic carbocycles. The third-order valence-corrected chi connectivity index (χ3v) is 5.10. The summed E-state index contributed by atoms with van der Waals surface area (Å²) in [5, 5.41) is 6.72. The van der Waals surface area contributed by atoms with Crippen LogP contribution in [-0.4, -0.2) is 43.7 Å². The molecule has 0 saturated carbocycles. The van der Waals surface area contributed by atoms with Crippen molar-refractivity contribution in [3.05, 3.63) is 59.8 Å². The Balaban J connectivity index is 1.56. The summed E-state index contributed by atoms with van der Waals surface area (Å²) >= 11 is 0. The maximum absolute atomic E-state index is 14.0. The first-order valence-corrected chi connectivity index (χ1v) is 9.48. The van der Waals surface area contributed by atoms with Crippen molar-refractivity contribution in [3.63, 3.8) is 0 Å². The topological polar surface area (TPSA) is 52.6 Å². The van der Waals surface area contributed by atoms with E-state index >= 15 is 0 Å². The SMILES string of the molecule is CN=C(NCC(C)(C)c1cccc(F)c1)NC1CCN(c2ncccc2F)C1. The van der Waals surface area contributed by atoms with Crippen molar-refractivity contribution in [2.45, 2.75) is 31.7 Å². The second-order valence-electron chi connectivity index (χ2n) is 7.70. The van der Waals surface area contributed by atoms with Gasteiger partial charge in [0.05, 0.1) is 0 Å². The number of nitrogens with one attached hydrogen (secondary N) is 2. The molecule has 1 aliphatic rings. The lowest BCUT2D eigenvalue weighted by atomic mass is 9.84. The van der Waals surface area contributed by atoms with E-state index in [1.54, 1.807) is 31.4 Å². The van der Waals surface area contributed by atoms with Crippen LogP contribution in [0.1, 0.15) is 25.8 Å². The minimum atomic E-state index is -0.303. The Labute approximate surface area is 164 Å². The van der Waals surface area contributed by atoms with Crippen LogP contribution < -0.4 is 15.5 Å². The number of guanidine groups is 1. The van der Waals surface area contributed by atoms with Crippen molar-refractivity contribution >= 4 is 11.8 Å². The fourth-order valence-electron chi connectivity index (χ4n) is 3.38. The number of nitrogens with zero attached hydrogens (tertiary/aromatic N) is 3. The van der Waals surface area contributed by atoms with E-state index in [1.165, 1.54) is 12.1 Å². The highest BCUT2D eigenvalue weighted by atomic mass is 19.1. The molecule has 3 rings (SSSR count). The number of halogens is 2. The molecule has 1 aliphatic heterocycles. The Bertz CT molecular complexity index is 837. The smallest absolute Gasteiger partial charge is 0.191 e. The molecule has 1 aromatic carbocycles. The van der Waals surface area contributed by atoms with Crippen LogP contribution in [0.5, 0.6) is 0 Å². The third-order valence-electron chi connectivity index (χ3n) is 5.10. The Morgan fingerprint density at radius 2 is 2.11 bits per heavy atom. The first kappa shape index (κ1) is 20.0. The lowest BCUT2D eigenvalue weighted by Crippen LogP contribution is -2.48. The van der Waals surface area contributed by atoms with Gasteiger partial charge in [-0.15, -0.1) is 0 Å². The van der Waals surface area contributed by atoms with Crippen molar-refractivity contribution in [2.24, 2.45) is 4.99 Å². The van der Waals surface area contributed by atoms with Gasteiger partial charge in [0.15, 0.2) is 17.6 Å². The highest BCUT2D eigenvalue weighted by Crippen LogP contribution is 2.23. The van der Waals surface area contributed by atoms with Gasteiger partial charge in [0.1, 0.15) is 5.82 Å². The summed E-state index contributed by atoms with van der Waals surface area (Å²) in [5.74, 6) is 0.531. The van der Waals surface area contributed by atoms with Crippen molar-refractivity contribution < 1.29 is 8.78 Å². The van der Waals surface area contributed by atoms with Crippen LogP contribution in [0.25, 0.3) is 0 Å². The maximum atomic E-state index is 14.0. The predicted molar refractivity (Wildman–Crippen MR) is 109 cm³/mol. The molecule has 0 spiro atoms. The summed E-state index contributed by atoms with van der Waals surface area (Å²) in [6.45, 7) is 6.10. The first-order valence-electron chi connectivity index (χ1n) is 9.48. The molecule has 1 fully saturated rings. The normalized spacial score (nSPS) is 17.7. The Morgan fingerprint density at radius 3 is 2.82 bits per heavy atom. The van der Waals surface area contributed by atoms with Gasteiger partial charge in [-0.05, 0) is 36.2 Å². The minimum Gasteiger partial charge on any atom is -0.356 e. The zero-order chi connectivity index (χ0) is 20.1. The molecule has 0 amide bonds. The fourth-order valence-corrected chi connectivity index (χ4v) is 3.38. The minimum absolute atomic E-state index is 0.143. The van der Waals surface area contributed by atoms with E-state index in [2.05, 4.69) is 34.5 Å². The molecule has 1 atom stereocenters. The van der Waals surface area contributed by atoms with E-state index in [-0.39, 0.29) is 23.1 Å². The molecule has 150 valence electrons. The lowest BCUT2D eigenvalue weighted by Gasteiger charge is -2.27. The quantitative estimate of drug-likeness (QED) is 0.612. The van der Waals surface area contributed by atoms with Crippen LogP contribution in [0.2, 0.25) is 0 Å². The molecule has 2 N–H and O–H groups in total. The standard InChI is InChI=1S/C21H27F2N5/c1-21(2,15-6-4-7-16(22)12-15)14-26-20(24-3)27-17-9-11-28(13-17)19-18(23)8-5-10-25-19/h4-8,10,12,17H,9,11,13-14H2,1-3H3,(H2,24,26,27). The van der Waals surface area contributed by atoms with Gasteiger partial charge in [-0.1, -0.05) is 26.0 Å². The average molecular weight is 387 g/mol. The molecular weight excluding hydrogens is 360 g/mol. The highest BCUT2D eigenvalue weighted by molar-refractivity contribution is 5.80. The summed E-state index contributed by atoms with van der Waals surface area (Å²) in [5.41, 5.74) is 0.659. The molecule has 2 heterocycles. The molecule has 1 saturated heterocycles. The Morgan fingerprint density at radius 1 is 1.29 bits per heavy atom. The number of anilines is 1. The van der Waals surface area contributed by atoms with Gasteiger partial charge in [0, 0.05) is 44.3 Å². The van der Waals surface area contributed by atoms with Crippen molar-refractivity contribution in [2.75, 3.05) is 31.6 Å². The van der Waals surface area contributed by atoms with Crippen LogP contribution >= 0.6 is 0 Å². The second kappa shape index (κ2) is 8.54. The summed E-state index contributed by atoms with van der Waals surface area (Å²) in [4.78, 5) is 10.4. The van der Waals surface area contributed by atoms with E-state index < -0.39 is 0 Å². The molecule has 7 heteroatoms. The average Bonchev–Trinajstić information content (AvgIpc) is 3.14. The zero-order valence-corrected chi connectivity index (χ0v) is 16.5. The summed E-state index contributed by atoms with van der Waals surface area (Å²) in [6.07, 6.45) is 2.47. The molecule has 5 nitrogen and oxygen atoms in total. The second-order valence-corrected chi connectivity index (χ2v) is 7.70. The van der Waals surface area contributed by atoms with Gasteiger partial charge in [0.25, 0.3) is 0 Å². The highest BCUT2D eigenvalue weighted by Gasteiger charge is 2.27.